The number of aromatic hydroxyl groups is 1. The lowest BCUT2D eigenvalue weighted by atomic mass is 9.94. The first kappa shape index (κ1) is 12.4. The Labute approximate surface area is 107 Å². The monoisotopic (exact) mass is 240 g/mol. The number of rotatable bonds is 4. The molecule has 0 atom stereocenters. The maximum absolute atomic E-state index is 9.30. The SMILES string of the molecule is C/C(=C(\CCO)C1=C=CC=C1)c1ccc(O)cc1. The third kappa shape index (κ3) is 2.62. The Morgan fingerprint density at radius 2 is 1.94 bits per heavy atom. The van der Waals surface area contributed by atoms with Crippen LogP contribution in [0.3, 0.4) is 0 Å². The van der Waals surface area contributed by atoms with Crippen LogP contribution in [0.4, 0.5) is 0 Å². The molecule has 1 aliphatic carbocycles. The topological polar surface area (TPSA) is 40.5 Å². The number of phenols is 1. The summed E-state index contributed by atoms with van der Waals surface area (Å²) in [6.07, 6.45) is 6.41. The number of aliphatic hydroxyl groups is 1. The first-order valence-electron chi connectivity index (χ1n) is 5.96. The van der Waals surface area contributed by atoms with Gasteiger partial charge in [-0.05, 0) is 54.3 Å². The van der Waals surface area contributed by atoms with Gasteiger partial charge < -0.3 is 10.2 Å². The Bertz CT molecular complexity index is 553. The molecule has 2 heteroatoms. The maximum atomic E-state index is 9.30. The Morgan fingerprint density at radius 1 is 1.22 bits per heavy atom. The average molecular weight is 240 g/mol. The van der Waals surface area contributed by atoms with Gasteiger partial charge in [0.25, 0.3) is 0 Å². The van der Waals surface area contributed by atoms with E-state index in [1.165, 1.54) is 0 Å². The van der Waals surface area contributed by atoms with Gasteiger partial charge in [-0.25, -0.2) is 0 Å². The molecule has 1 aromatic carbocycles. The van der Waals surface area contributed by atoms with Crippen molar-refractivity contribution in [3.05, 3.63) is 64.9 Å². The molecule has 0 unspecified atom stereocenters. The minimum atomic E-state index is 0.115. The van der Waals surface area contributed by atoms with Crippen LogP contribution >= 0.6 is 0 Å². The van der Waals surface area contributed by atoms with E-state index >= 15 is 0 Å². The molecule has 0 aliphatic heterocycles. The molecule has 0 bridgehead atoms. The molecule has 0 saturated heterocycles. The van der Waals surface area contributed by atoms with Gasteiger partial charge in [-0.3, -0.25) is 0 Å². The van der Waals surface area contributed by atoms with Gasteiger partial charge in [-0.2, -0.15) is 0 Å². The number of hydrogen-bond acceptors (Lipinski definition) is 2. The number of allylic oxidation sites excluding steroid dienone is 4. The van der Waals surface area contributed by atoms with Gasteiger partial charge in [0.2, 0.25) is 0 Å². The van der Waals surface area contributed by atoms with Gasteiger partial charge in [-0.15, -0.1) is 5.73 Å². The van der Waals surface area contributed by atoms with E-state index in [4.69, 9.17) is 0 Å². The number of phenolic OH excluding ortho intramolecular Hbond substituents is 1. The lowest BCUT2D eigenvalue weighted by Gasteiger charge is -2.11. The molecular weight excluding hydrogens is 224 g/mol. The Morgan fingerprint density at radius 3 is 2.50 bits per heavy atom. The highest BCUT2D eigenvalue weighted by molar-refractivity contribution is 5.72. The van der Waals surface area contributed by atoms with Crippen LogP contribution in [0.5, 0.6) is 5.75 Å². The molecule has 0 amide bonds. The third-order valence-electron chi connectivity index (χ3n) is 3.04. The van der Waals surface area contributed by atoms with Gasteiger partial charge in [0.05, 0.1) is 0 Å². The van der Waals surface area contributed by atoms with E-state index in [2.05, 4.69) is 5.73 Å². The highest BCUT2D eigenvalue weighted by atomic mass is 16.3. The first-order valence-corrected chi connectivity index (χ1v) is 5.96. The molecule has 0 heterocycles. The van der Waals surface area contributed by atoms with Crippen LogP contribution in [0.15, 0.2) is 59.4 Å². The van der Waals surface area contributed by atoms with Crippen molar-refractivity contribution in [2.24, 2.45) is 0 Å². The van der Waals surface area contributed by atoms with Crippen LogP contribution in [-0.4, -0.2) is 16.8 Å². The zero-order valence-electron chi connectivity index (χ0n) is 10.4. The van der Waals surface area contributed by atoms with E-state index in [1.54, 1.807) is 12.1 Å². The van der Waals surface area contributed by atoms with E-state index in [0.29, 0.717) is 6.42 Å². The van der Waals surface area contributed by atoms with Crippen molar-refractivity contribution in [1.82, 2.24) is 0 Å². The molecule has 2 N–H and O–H groups in total. The van der Waals surface area contributed by atoms with Crippen molar-refractivity contribution >= 4 is 5.57 Å². The fraction of sp³-hybridized carbons (Fsp3) is 0.188. The van der Waals surface area contributed by atoms with Gasteiger partial charge in [0.1, 0.15) is 5.75 Å². The van der Waals surface area contributed by atoms with Crippen LogP contribution in [0.25, 0.3) is 5.57 Å². The zero-order valence-corrected chi connectivity index (χ0v) is 10.4. The van der Waals surface area contributed by atoms with Crippen LogP contribution in [0.2, 0.25) is 0 Å². The van der Waals surface area contributed by atoms with Gasteiger partial charge in [-0.1, -0.05) is 18.2 Å². The summed E-state index contributed by atoms with van der Waals surface area (Å²) in [6, 6.07) is 7.10. The standard InChI is InChI=1S/C16H16O2/c1-12(13-6-8-15(18)9-7-13)16(10-11-17)14-4-2-3-5-14/h2-4,6-9,17-18H,10-11H2,1H3/b16-12-. The molecule has 0 aromatic heterocycles. The summed E-state index contributed by atoms with van der Waals surface area (Å²) < 4.78 is 0. The maximum Gasteiger partial charge on any atom is 0.115 e. The zero-order chi connectivity index (χ0) is 13.0. The molecule has 0 spiro atoms. The average Bonchev–Trinajstić information content (AvgIpc) is 2.90. The Balaban J connectivity index is 2.43. The molecule has 0 radical (unpaired) electrons. The Kier molecular flexibility index (Phi) is 3.83. The highest BCUT2D eigenvalue weighted by Crippen LogP contribution is 2.28. The minimum Gasteiger partial charge on any atom is -0.508 e. The number of hydrogen-bond donors (Lipinski definition) is 2. The number of aliphatic hydroxyl groups excluding tert-OH is 1. The van der Waals surface area contributed by atoms with Crippen LogP contribution in [-0.2, 0) is 0 Å². The van der Waals surface area contributed by atoms with Crippen LogP contribution in [0.1, 0.15) is 18.9 Å². The molecule has 1 aliphatic rings. The minimum absolute atomic E-state index is 0.115. The van der Waals surface area contributed by atoms with Crippen molar-refractivity contribution in [2.75, 3.05) is 6.61 Å². The number of benzene rings is 1. The molecular formula is C16H16O2. The van der Waals surface area contributed by atoms with E-state index in [1.807, 2.05) is 37.3 Å². The summed E-state index contributed by atoms with van der Waals surface area (Å²) in [6.45, 7) is 2.14. The summed E-state index contributed by atoms with van der Waals surface area (Å²) in [5.74, 6) is 0.259. The smallest absolute Gasteiger partial charge is 0.115 e. The van der Waals surface area contributed by atoms with Crippen molar-refractivity contribution in [3.63, 3.8) is 0 Å². The van der Waals surface area contributed by atoms with Crippen LogP contribution in [0, 0.1) is 0 Å². The summed E-state index contributed by atoms with van der Waals surface area (Å²) in [5.41, 5.74) is 7.43. The molecule has 0 saturated carbocycles. The van der Waals surface area contributed by atoms with Gasteiger partial charge in [0.15, 0.2) is 0 Å². The summed E-state index contributed by atoms with van der Waals surface area (Å²) >= 11 is 0. The van der Waals surface area contributed by atoms with Crippen molar-refractivity contribution in [3.8, 4) is 5.75 Å². The molecule has 2 rings (SSSR count). The fourth-order valence-electron chi connectivity index (χ4n) is 2.04. The molecule has 1 aromatic rings. The normalized spacial score (nSPS) is 14.7. The highest BCUT2D eigenvalue weighted by Gasteiger charge is 2.09. The van der Waals surface area contributed by atoms with Gasteiger partial charge >= 0.3 is 0 Å². The predicted molar refractivity (Wildman–Crippen MR) is 73.1 cm³/mol. The third-order valence-corrected chi connectivity index (χ3v) is 3.04. The van der Waals surface area contributed by atoms with Crippen molar-refractivity contribution in [1.29, 1.82) is 0 Å². The second-order valence-corrected chi connectivity index (χ2v) is 4.21. The van der Waals surface area contributed by atoms with Gasteiger partial charge in [0, 0.05) is 12.2 Å². The van der Waals surface area contributed by atoms with E-state index < -0.39 is 0 Å². The lowest BCUT2D eigenvalue weighted by Crippen LogP contribution is -1.95. The fourth-order valence-corrected chi connectivity index (χ4v) is 2.04. The van der Waals surface area contributed by atoms with Crippen molar-refractivity contribution in [2.45, 2.75) is 13.3 Å². The summed E-state index contributed by atoms with van der Waals surface area (Å²) in [4.78, 5) is 0. The predicted octanol–water partition coefficient (Wildman–Crippen LogP) is 3.20. The van der Waals surface area contributed by atoms with E-state index in [0.717, 1.165) is 22.3 Å². The largest absolute Gasteiger partial charge is 0.508 e. The molecule has 92 valence electrons. The van der Waals surface area contributed by atoms with Crippen molar-refractivity contribution < 1.29 is 10.2 Å². The lowest BCUT2D eigenvalue weighted by molar-refractivity contribution is 0.300. The van der Waals surface area contributed by atoms with Crippen LogP contribution < -0.4 is 0 Å². The molecule has 2 nitrogen and oxygen atoms in total. The van der Waals surface area contributed by atoms with E-state index in [-0.39, 0.29) is 12.4 Å². The summed E-state index contributed by atoms with van der Waals surface area (Å²) in [5, 5.41) is 18.5. The summed E-state index contributed by atoms with van der Waals surface area (Å²) in [7, 11) is 0. The second-order valence-electron chi connectivity index (χ2n) is 4.21. The molecule has 0 fully saturated rings. The first-order chi connectivity index (χ1) is 8.72. The quantitative estimate of drug-likeness (QED) is 0.793. The van der Waals surface area contributed by atoms with E-state index in [9.17, 15) is 10.2 Å². The second kappa shape index (κ2) is 5.54. The Hall–Kier alpha value is -2.02. The molecule has 18 heavy (non-hydrogen) atoms.